The maximum Gasteiger partial charge on any atom is 0.0960 e. The van der Waals surface area contributed by atoms with Crippen molar-refractivity contribution in [3.8, 4) is 0 Å². The van der Waals surface area contributed by atoms with Crippen LogP contribution in [0.3, 0.4) is 0 Å². The minimum Gasteiger partial charge on any atom is -0.285 e. The summed E-state index contributed by atoms with van der Waals surface area (Å²) in [7, 11) is 0. The summed E-state index contributed by atoms with van der Waals surface area (Å²) < 4.78 is 0. The lowest BCUT2D eigenvalue weighted by molar-refractivity contribution is 0.125. The first-order chi connectivity index (χ1) is 6.04. The van der Waals surface area contributed by atoms with Crippen LogP contribution in [0.25, 0.3) is 0 Å². The zero-order valence-electron chi connectivity index (χ0n) is 9.73. The van der Waals surface area contributed by atoms with Gasteiger partial charge in [-0.15, -0.1) is 11.6 Å². The van der Waals surface area contributed by atoms with Crippen LogP contribution in [0, 0.1) is 5.92 Å². The molecule has 0 bridgehead atoms. The Hall–Kier alpha value is 0.250. The highest BCUT2D eigenvalue weighted by atomic mass is 35.5. The fraction of sp³-hybridized carbons (Fsp3) is 1.00. The van der Waals surface area contributed by atoms with Gasteiger partial charge in [0, 0.05) is 0 Å². The van der Waals surface area contributed by atoms with Gasteiger partial charge >= 0.3 is 0 Å². The van der Waals surface area contributed by atoms with Crippen LogP contribution < -0.4 is 0 Å². The number of rotatable bonds is 6. The highest BCUT2D eigenvalue weighted by Gasteiger charge is 2.33. The molecule has 0 saturated heterocycles. The molecule has 0 N–H and O–H groups in total. The zero-order chi connectivity index (χ0) is 10.5. The maximum atomic E-state index is 6.59. The lowest BCUT2D eigenvalue weighted by Gasteiger charge is -2.40. The van der Waals surface area contributed by atoms with Crippen LogP contribution in [0.15, 0.2) is 0 Å². The number of hydrogen-bond donors (Lipinski definition) is 0. The van der Waals surface area contributed by atoms with E-state index in [2.05, 4.69) is 39.5 Å². The Morgan fingerprint density at radius 1 is 1.08 bits per heavy atom. The summed E-state index contributed by atoms with van der Waals surface area (Å²) in [4.78, 5) is 2.18. The third-order valence-corrected chi connectivity index (χ3v) is 3.66. The molecule has 0 saturated carbocycles. The lowest BCUT2D eigenvalue weighted by Crippen LogP contribution is -2.46. The van der Waals surface area contributed by atoms with Gasteiger partial charge in [0.2, 0.25) is 0 Å². The predicted octanol–water partition coefficient (Wildman–Crippen LogP) is 3.72. The Kier molecular flexibility index (Phi) is 5.98. The molecular weight excluding hydrogens is 182 g/mol. The van der Waals surface area contributed by atoms with E-state index in [1.807, 2.05) is 0 Å². The normalized spacial score (nSPS) is 16.6. The van der Waals surface area contributed by atoms with Gasteiger partial charge in [-0.1, -0.05) is 40.5 Å². The van der Waals surface area contributed by atoms with Gasteiger partial charge in [-0.05, 0) is 25.9 Å². The van der Waals surface area contributed by atoms with Crippen molar-refractivity contribution in [2.45, 2.75) is 52.5 Å². The second-order valence-corrected chi connectivity index (χ2v) is 4.47. The third-order valence-electron chi connectivity index (χ3n) is 3.11. The highest BCUT2D eigenvalue weighted by molar-refractivity contribution is 6.23. The summed E-state index contributed by atoms with van der Waals surface area (Å²) in [6.07, 6.45) is 2.32. The van der Waals surface area contributed by atoms with Gasteiger partial charge in [-0.25, -0.2) is 0 Å². The molecule has 13 heavy (non-hydrogen) atoms. The van der Waals surface area contributed by atoms with E-state index in [0.717, 1.165) is 25.9 Å². The van der Waals surface area contributed by atoms with E-state index in [1.54, 1.807) is 0 Å². The zero-order valence-corrected chi connectivity index (χ0v) is 10.5. The topological polar surface area (TPSA) is 3.24 Å². The molecule has 0 aromatic heterocycles. The predicted molar refractivity (Wildman–Crippen MR) is 61.3 cm³/mol. The minimum atomic E-state index is -0.160. The molecule has 0 spiro atoms. The molecule has 0 amide bonds. The van der Waals surface area contributed by atoms with Crippen molar-refractivity contribution in [3.63, 3.8) is 0 Å². The van der Waals surface area contributed by atoms with E-state index in [9.17, 15) is 0 Å². The molecule has 0 radical (unpaired) electrons. The SMILES string of the molecule is CCC(CC)C(C)(Cl)N(CC)CC. The Morgan fingerprint density at radius 3 is 1.69 bits per heavy atom. The van der Waals surface area contributed by atoms with Crippen LogP contribution in [0.5, 0.6) is 0 Å². The van der Waals surface area contributed by atoms with Crippen molar-refractivity contribution >= 4 is 11.6 Å². The van der Waals surface area contributed by atoms with Crippen molar-refractivity contribution in [2.24, 2.45) is 5.92 Å². The first-order valence-electron chi connectivity index (χ1n) is 5.48. The Bertz CT molecular complexity index is 112. The molecule has 1 atom stereocenters. The van der Waals surface area contributed by atoms with Crippen molar-refractivity contribution in [1.29, 1.82) is 0 Å². The molecule has 0 aromatic rings. The molecule has 0 aliphatic heterocycles. The van der Waals surface area contributed by atoms with Crippen LogP contribution in [0.2, 0.25) is 0 Å². The smallest absolute Gasteiger partial charge is 0.0960 e. The van der Waals surface area contributed by atoms with E-state index >= 15 is 0 Å². The van der Waals surface area contributed by atoms with Gasteiger partial charge in [-0.2, -0.15) is 0 Å². The maximum absolute atomic E-state index is 6.59. The molecule has 0 heterocycles. The van der Waals surface area contributed by atoms with Crippen molar-refractivity contribution in [1.82, 2.24) is 4.90 Å². The summed E-state index contributed by atoms with van der Waals surface area (Å²) in [5.41, 5.74) is 0. The first-order valence-corrected chi connectivity index (χ1v) is 5.86. The molecule has 0 fully saturated rings. The Morgan fingerprint density at radius 2 is 1.46 bits per heavy atom. The van der Waals surface area contributed by atoms with Gasteiger partial charge in [-0.3, -0.25) is 4.90 Å². The van der Waals surface area contributed by atoms with E-state index in [-0.39, 0.29) is 5.00 Å². The third kappa shape index (κ3) is 3.14. The second kappa shape index (κ2) is 5.87. The molecular formula is C11H24ClN. The van der Waals surface area contributed by atoms with Crippen molar-refractivity contribution < 1.29 is 0 Å². The van der Waals surface area contributed by atoms with E-state index in [0.29, 0.717) is 5.92 Å². The van der Waals surface area contributed by atoms with Gasteiger partial charge in [0.1, 0.15) is 0 Å². The molecule has 1 unspecified atom stereocenters. The standard InChI is InChI=1S/C11H24ClN/c1-6-10(7-2)11(5,12)13(8-3)9-4/h10H,6-9H2,1-5H3. The van der Waals surface area contributed by atoms with Crippen LogP contribution in [-0.2, 0) is 0 Å². The summed E-state index contributed by atoms with van der Waals surface area (Å²) in [6.45, 7) is 13.0. The fourth-order valence-corrected chi connectivity index (χ4v) is 2.68. The average molecular weight is 206 g/mol. The van der Waals surface area contributed by atoms with Gasteiger partial charge < -0.3 is 0 Å². The van der Waals surface area contributed by atoms with Crippen molar-refractivity contribution in [2.75, 3.05) is 13.1 Å². The quantitative estimate of drug-likeness (QED) is 0.472. The molecule has 1 nitrogen and oxygen atoms in total. The molecule has 0 aliphatic carbocycles. The molecule has 2 heteroatoms. The molecule has 0 rings (SSSR count). The van der Waals surface area contributed by atoms with E-state index in [1.165, 1.54) is 0 Å². The van der Waals surface area contributed by atoms with E-state index < -0.39 is 0 Å². The van der Waals surface area contributed by atoms with Crippen LogP contribution in [-0.4, -0.2) is 23.0 Å². The Labute approximate surface area is 88.5 Å². The largest absolute Gasteiger partial charge is 0.285 e. The second-order valence-electron chi connectivity index (χ2n) is 3.71. The van der Waals surface area contributed by atoms with Gasteiger partial charge in [0.05, 0.1) is 5.00 Å². The summed E-state index contributed by atoms with van der Waals surface area (Å²) in [5, 5.41) is 0. The monoisotopic (exact) mass is 205 g/mol. The molecule has 0 aliphatic rings. The Balaban J connectivity index is 4.48. The number of hydrogen-bond acceptors (Lipinski definition) is 1. The van der Waals surface area contributed by atoms with Crippen LogP contribution in [0.1, 0.15) is 47.5 Å². The van der Waals surface area contributed by atoms with E-state index in [4.69, 9.17) is 11.6 Å². The fourth-order valence-electron chi connectivity index (χ4n) is 2.13. The first kappa shape index (κ1) is 13.2. The number of halogens is 1. The minimum absolute atomic E-state index is 0.160. The van der Waals surface area contributed by atoms with Crippen LogP contribution >= 0.6 is 11.6 Å². The van der Waals surface area contributed by atoms with Gasteiger partial charge in [0.25, 0.3) is 0 Å². The number of nitrogens with zero attached hydrogens (tertiary/aromatic N) is 1. The lowest BCUT2D eigenvalue weighted by atomic mass is 9.93. The summed E-state index contributed by atoms with van der Waals surface area (Å²) >= 11 is 6.59. The highest BCUT2D eigenvalue weighted by Crippen LogP contribution is 2.33. The average Bonchev–Trinajstić information content (AvgIpc) is 2.07. The van der Waals surface area contributed by atoms with Crippen LogP contribution in [0.4, 0.5) is 0 Å². The molecule has 80 valence electrons. The summed E-state index contributed by atoms with van der Waals surface area (Å²) in [5.74, 6) is 0.592. The molecule has 0 aromatic carbocycles. The van der Waals surface area contributed by atoms with Crippen molar-refractivity contribution in [3.05, 3.63) is 0 Å². The van der Waals surface area contributed by atoms with Gasteiger partial charge in [0.15, 0.2) is 0 Å². The number of alkyl halides is 1. The summed E-state index contributed by atoms with van der Waals surface area (Å²) in [6, 6.07) is 0.